The lowest BCUT2D eigenvalue weighted by atomic mass is 10.1. The molecule has 0 radical (unpaired) electrons. The summed E-state index contributed by atoms with van der Waals surface area (Å²) in [6.07, 6.45) is -3.37. The Labute approximate surface area is 194 Å². The Kier molecular flexibility index (Phi) is 5.86. The van der Waals surface area contributed by atoms with E-state index in [-0.39, 0.29) is 5.56 Å². The third-order valence-electron chi connectivity index (χ3n) is 6.43. The van der Waals surface area contributed by atoms with Crippen LogP contribution in [0.15, 0.2) is 53.3 Å². The van der Waals surface area contributed by atoms with Crippen LogP contribution in [0.2, 0.25) is 0 Å². The molecule has 5 rings (SSSR count). The van der Waals surface area contributed by atoms with Gasteiger partial charge in [-0.1, -0.05) is 24.3 Å². The normalized spacial score (nSPS) is 16.4. The zero-order valence-corrected chi connectivity index (χ0v) is 18.8. The van der Waals surface area contributed by atoms with Crippen molar-refractivity contribution in [1.82, 2.24) is 29.0 Å². The zero-order chi connectivity index (χ0) is 23.9. The van der Waals surface area contributed by atoms with Crippen LogP contribution >= 0.6 is 0 Å². The number of para-hydroxylation sites is 1. The third-order valence-corrected chi connectivity index (χ3v) is 6.43. The molecule has 0 N–H and O–H groups in total. The van der Waals surface area contributed by atoms with Gasteiger partial charge in [-0.25, -0.2) is 0 Å². The maximum atomic E-state index is 12.8. The quantitative estimate of drug-likeness (QED) is 0.458. The number of nitrogens with zero attached hydrogens (tertiary/aromatic N) is 6. The van der Waals surface area contributed by atoms with Gasteiger partial charge in [0.1, 0.15) is 0 Å². The topological polar surface area (TPSA) is 58.7 Å². The van der Waals surface area contributed by atoms with Crippen LogP contribution in [0.3, 0.4) is 0 Å². The second kappa shape index (κ2) is 8.84. The SMILES string of the molecule is Cn1c(=O)c2ccccc2n2c(CN3CCCN(Cc4ccc(C(F)(F)F)cc4)CC3)nnc12. The fraction of sp³-hybridized carbons (Fsp3) is 0.375. The molecular weight excluding hydrogens is 445 g/mol. The van der Waals surface area contributed by atoms with Crippen LogP contribution in [0.4, 0.5) is 13.2 Å². The van der Waals surface area contributed by atoms with Gasteiger partial charge in [0.25, 0.3) is 5.56 Å². The molecule has 1 aliphatic heterocycles. The Balaban J connectivity index is 1.30. The first kappa shape index (κ1) is 22.5. The van der Waals surface area contributed by atoms with Gasteiger partial charge in [-0.3, -0.25) is 23.6 Å². The minimum Gasteiger partial charge on any atom is -0.298 e. The van der Waals surface area contributed by atoms with Crippen molar-refractivity contribution in [3.05, 3.63) is 75.8 Å². The lowest BCUT2D eigenvalue weighted by Gasteiger charge is -2.21. The second-order valence-electron chi connectivity index (χ2n) is 8.73. The van der Waals surface area contributed by atoms with Crippen LogP contribution < -0.4 is 5.56 Å². The van der Waals surface area contributed by atoms with Gasteiger partial charge in [-0.05, 0) is 49.3 Å². The number of halogens is 3. The molecule has 0 aliphatic carbocycles. The number of hydrogen-bond acceptors (Lipinski definition) is 5. The van der Waals surface area contributed by atoms with E-state index < -0.39 is 11.7 Å². The van der Waals surface area contributed by atoms with Crippen LogP contribution in [0.25, 0.3) is 16.7 Å². The Hall–Kier alpha value is -3.24. The molecule has 4 aromatic rings. The van der Waals surface area contributed by atoms with Gasteiger partial charge in [0.15, 0.2) is 5.82 Å². The van der Waals surface area contributed by atoms with E-state index in [9.17, 15) is 18.0 Å². The van der Waals surface area contributed by atoms with Crippen molar-refractivity contribution >= 4 is 16.7 Å². The lowest BCUT2D eigenvalue weighted by Crippen LogP contribution is -2.31. The van der Waals surface area contributed by atoms with E-state index in [1.165, 1.54) is 4.57 Å². The molecule has 0 unspecified atom stereocenters. The number of hydrogen-bond donors (Lipinski definition) is 0. The van der Waals surface area contributed by atoms with Gasteiger partial charge in [0.2, 0.25) is 5.78 Å². The Morgan fingerprint density at radius 3 is 2.26 bits per heavy atom. The number of benzene rings is 2. The standard InChI is InChI=1S/C24H25F3N6O/c1-30-22(34)19-5-2-3-6-20(19)33-21(28-29-23(30)33)16-32-12-4-11-31(13-14-32)15-17-7-9-18(10-8-17)24(25,26)27/h2-3,5-10H,4,11-16H2,1H3. The highest BCUT2D eigenvalue weighted by Crippen LogP contribution is 2.29. The van der Waals surface area contributed by atoms with Gasteiger partial charge >= 0.3 is 6.18 Å². The summed E-state index contributed by atoms with van der Waals surface area (Å²) in [5.41, 5.74) is 0.941. The molecule has 34 heavy (non-hydrogen) atoms. The first-order valence-electron chi connectivity index (χ1n) is 11.2. The van der Waals surface area contributed by atoms with Gasteiger partial charge in [-0.2, -0.15) is 13.2 Å². The first-order chi connectivity index (χ1) is 16.3. The van der Waals surface area contributed by atoms with Crippen LogP contribution in [-0.4, -0.2) is 55.1 Å². The third kappa shape index (κ3) is 4.30. The Morgan fingerprint density at radius 2 is 1.56 bits per heavy atom. The number of alkyl halides is 3. The van der Waals surface area contributed by atoms with E-state index >= 15 is 0 Å². The number of aromatic nitrogens is 4. The van der Waals surface area contributed by atoms with Crippen LogP contribution in [-0.2, 0) is 26.3 Å². The minimum absolute atomic E-state index is 0.101. The summed E-state index contributed by atoms with van der Waals surface area (Å²) in [5.74, 6) is 1.29. The van der Waals surface area contributed by atoms with Gasteiger partial charge < -0.3 is 0 Å². The first-order valence-corrected chi connectivity index (χ1v) is 11.2. The molecule has 0 spiro atoms. The molecule has 1 saturated heterocycles. The monoisotopic (exact) mass is 470 g/mol. The Morgan fingerprint density at radius 1 is 0.882 bits per heavy atom. The van der Waals surface area contributed by atoms with E-state index in [1.807, 2.05) is 28.7 Å². The largest absolute Gasteiger partial charge is 0.416 e. The summed E-state index contributed by atoms with van der Waals surface area (Å²) in [6, 6.07) is 12.9. The van der Waals surface area contributed by atoms with Crippen LogP contribution in [0.1, 0.15) is 23.4 Å². The van der Waals surface area contributed by atoms with Gasteiger partial charge in [0, 0.05) is 26.7 Å². The average molecular weight is 470 g/mol. The minimum atomic E-state index is -4.31. The highest BCUT2D eigenvalue weighted by atomic mass is 19.4. The summed E-state index contributed by atoms with van der Waals surface area (Å²) in [7, 11) is 1.70. The molecule has 1 aliphatic rings. The number of fused-ring (bicyclic) bond motifs is 3. The molecule has 0 saturated carbocycles. The maximum Gasteiger partial charge on any atom is 0.416 e. The summed E-state index contributed by atoms with van der Waals surface area (Å²) < 4.78 is 41.9. The maximum absolute atomic E-state index is 12.8. The van der Waals surface area contributed by atoms with Gasteiger partial charge in [-0.15, -0.1) is 10.2 Å². The number of aryl methyl sites for hydroxylation is 1. The molecule has 178 valence electrons. The van der Waals surface area contributed by atoms with E-state index in [4.69, 9.17) is 0 Å². The molecule has 3 heterocycles. The summed E-state index contributed by atoms with van der Waals surface area (Å²) >= 11 is 0. The molecule has 0 amide bonds. The fourth-order valence-corrected chi connectivity index (χ4v) is 4.59. The van der Waals surface area contributed by atoms with E-state index in [2.05, 4.69) is 20.0 Å². The number of rotatable bonds is 4. The van der Waals surface area contributed by atoms with Crippen molar-refractivity contribution in [3.63, 3.8) is 0 Å². The van der Waals surface area contributed by atoms with Crippen LogP contribution in [0.5, 0.6) is 0 Å². The smallest absolute Gasteiger partial charge is 0.298 e. The lowest BCUT2D eigenvalue weighted by molar-refractivity contribution is -0.137. The van der Waals surface area contributed by atoms with Crippen molar-refractivity contribution in [2.75, 3.05) is 26.2 Å². The molecule has 0 bridgehead atoms. The molecule has 2 aromatic heterocycles. The molecule has 1 fully saturated rings. The van der Waals surface area contributed by atoms with E-state index in [1.54, 1.807) is 19.2 Å². The van der Waals surface area contributed by atoms with Gasteiger partial charge in [0.05, 0.1) is 23.0 Å². The summed E-state index contributed by atoms with van der Waals surface area (Å²) in [5, 5.41) is 9.29. The molecule has 10 heteroatoms. The highest BCUT2D eigenvalue weighted by Gasteiger charge is 2.30. The molecule has 2 aromatic carbocycles. The summed E-state index contributed by atoms with van der Waals surface area (Å²) in [4.78, 5) is 17.2. The van der Waals surface area contributed by atoms with Crippen molar-refractivity contribution in [2.45, 2.75) is 25.7 Å². The summed E-state index contributed by atoms with van der Waals surface area (Å²) in [6.45, 7) is 4.57. The van der Waals surface area contributed by atoms with Crippen molar-refractivity contribution < 1.29 is 13.2 Å². The van der Waals surface area contributed by atoms with Crippen molar-refractivity contribution in [3.8, 4) is 0 Å². The predicted octanol–water partition coefficient (Wildman–Crippen LogP) is 3.31. The second-order valence-corrected chi connectivity index (χ2v) is 8.73. The molecular formula is C24H25F3N6O. The highest BCUT2D eigenvalue weighted by molar-refractivity contribution is 5.80. The molecule has 0 atom stereocenters. The average Bonchev–Trinajstić information content (AvgIpc) is 3.11. The fourth-order valence-electron chi connectivity index (χ4n) is 4.59. The van der Waals surface area contributed by atoms with E-state index in [0.717, 1.165) is 61.6 Å². The zero-order valence-electron chi connectivity index (χ0n) is 18.8. The predicted molar refractivity (Wildman–Crippen MR) is 122 cm³/mol. The Bertz CT molecular complexity index is 1380. The van der Waals surface area contributed by atoms with Crippen LogP contribution in [0, 0.1) is 0 Å². The van der Waals surface area contributed by atoms with Crippen molar-refractivity contribution in [1.29, 1.82) is 0 Å². The van der Waals surface area contributed by atoms with Crippen molar-refractivity contribution in [2.24, 2.45) is 7.05 Å². The molecule has 7 nitrogen and oxygen atoms in total. The van der Waals surface area contributed by atoms with E-state index in [0.29, 0.717) is 24.3 Å².